The summed E-state index contributed by atoms with van der Waals surface area (Å²) >= 11 is 0. The van der Waals surface area contributed by atoms with Gasteiger partial charge >= 0.3 is 0 Å². The van der Waals surface area contributed by atoms with E-state index < -0.39 is 23.4 Å². The number of nitrogens with zero attached hydrogens (tertiary/aromatic N) is 1. The molecule has 6 heteroatoms. The van der Waals surface area contributed by atoms with Crippen molar-refractivity contribution >= 4 is 29.1 Å². The minimum atomic E-state index is -1.50. The predicted molar refractivity (Wildman–Crippen MR) is 136 cm³/mol. The SMILES string of the molecule is COc1ccc(C2C(C(C)=O)N3c4ccccc4C=CC3C23C(=O)c2ccccc2C3=O)cc1OC. The Labute approximate surface area is 209 Å². The summed E-state index contributed by atoms with van der Waals surface area (Å²) in [5, 5.41) is 0. The second-order valence-electron chi connectivity index (χ2n) is 9.49. The zero-order chi connectivity index (χ0) is 25.2. The molecule has 2 heterocycles. The molecule has 3 aromatic carbocycles. The molecule has 1 fully saturated rings. The lowest BCUT2D eigenvalue weighted by Crippen LogP contribution is -2.48. The van der Waals surface area contributed by atoms with Crippen molar-refractivity contribution in [1.29, 1.82) is 0 Å². The molecule has 0 N–H and O–H groups in total. The van der Waals surface area contributed by atoms with Crippen molar-refractivity contribution < 1.29 is 23.9 Å². The van der Waals surface area contributed by atoms with Crippen LogP contribution in [0.2, 0.25) is 0 Å². The van der Waals surface area contributed by atoms with Gasteiger partial charge in [-0.3, -0.25) is 14.4 Å². The molecular formula is C30H25NO5. The molecule has 0 bridgehead atoms. The zero-order valence-electron chi connectivity index (χ0n) is 20.2. The van der Waals surface area contributed by atoms with E-state index >= 15 is 0 Å². The molecule has 6 nitrogen and oxygen atoms in total. The second kappa shape index (κ2) is 7.92. The van der Waals surface area contributed by atoms with E-state index in [-0.39, 0.29) is 17.3 Å². The molecule has 36 heavy (non-hydrogen) atoms. The van der Waals surface area contributed by atoms with Gasteiger partial charge in [0.25, 0.3) is 0 Å². The van der Waals surface area contributed by atoms with Crippen LogP contribution < -0.4 is 14.4 Å². The lowest BCUT2D eigenvalue weighted by atomic mass is 9.64. The van der Waals surface area contributed by atoms with E-state index in [1.54, 1.807) is 50.6 Å². The van der Waals surface area contributed by atoms with Gasteiger partial charge < -0.3 is 14.4 Å². The molecule has 2 aliphatic heterocycles. The fraction of sp³-hybridized carbons (Fsp3) is 0.233. The number of fused-ring (bicyclic) bond motifs is 5. The van der Waals surface area contributed by atoms with Gasteiger partial charge in [0.2, 0.25) is 0 Å². The number of ketones is 3. The topological polar surface area (TPSA) is 72.9 Å². The van der Waals surface area contributed by atoms with E-state index in [1.807, 2.05) is 47.4 Å². The quantitative estimate of drug-likeness (QED) is 0.504. The first-order chi connectivity index (χ1) is 17.4. The molecule has 1 aliphatic carbocycles. The number of Topliss-reactive ketones (excluding diaryl/α,β-unsaturated/α-hetero) is 3. The third kappa shape index (κ3) is 2.70. The lowest BCUT2D eigenvalue weighted by molar-refractivity contribution is -0.118. The summed E-state index contributed by atoms with van der Waals surface area (Å²) < 4.78 is 11.0. The fourth-order valence-electron chi connectivity index (χ4n) is 6.49. The van der Waals surface area contributed by atoms with Crippen molar-refractivity contribution in [2.45, 2.75) is 24.9 Å². The monoisotopic (exact) mass is 479 g/mol. The number of benzene rings is 3. The highest BCUT2D eigenvalue weighted by Crippen LogP contribution is 2.61. The van der Waals surface area contributed by atoms with Crippen molar-refractivity contribution in [3.8, 4) is 11.5 Å². The molecule has 0 amide bonds. The lowest BCUT2D eigenvalue weighted by Gasteiger charge is -2.37. The highest BCUT2D eigenvalue weighted by molar-refractivity contribution is 6.32. The standard InChI is InChI=1S/C30H25NO5/c1-17(32)27-26(19-12-14-23(35-2)24(16-19)36-3)30(28(33)20-9-5-6-10-21(20)29(30)34)25-15-13-18-8-4-7-11-22(18)31(25)27/h4-16,25-27H,1-3H3. The van der Waals surface area contributed by atoms with Gasteiger partial charge in [-0.15, -0.1) is 0 Å². The largest absolute Gasteiger partial charge is 0.493 e. The zero-order valence-corrected chi connectivity index (χ0v) is 20.2. The maximum absolute atomic E-state index is 14.4. The highest BCUT2D eigenvalue weighted by atomic mass is 16.5. The molecule has 1 spiro atoms. The summed E-state index contributed by atoms with van der Waals surface area (Å²) in [5.74, 6) is -0.329. The van der Waals surface area contributed by atoms with E-state index in [0.29, 0.717) is 28.2 Å². The third-order valence-electron chi connectivity index (χ3n) is 7.90. The first kappa shape index (κ1) is 22.3. The minimum Gasteiger partial charge on any atom is -0.493 e. The molecule has 3 aliphatic rings. The van der Waals surface area contributed by atoms with Crippen molar-refractivity contribution in [3.05, 3.63) is 95.1 Å². The summed E-state index contributed by atoms with van der Waals surface area (Å²) in [6.45, 7) is 1.53. The molecule has 3 unspecified atom stereocenters. The Morgan fingerprint density at radius 3 is 2.14 bits per heavy atom. The van der Waals surface area contributed by atoms with Crippen LogP contribution in [0.1, 0.15) is 44.7 Å². The van der Waals surface area contributed by atoms with Crippen LogP contribution in [0, 0.1) is 5.41 Å². The number of carbonyl (C=O) groups is 3. The summed E-state index contributed by atoms with van der Waals surface area (Å²) in [7, 11) is 3.09. The number of carbonyl (C=O) groups excluding carboxylic acids is 3. The number of para-hydroxylation sites is 1. The first-order valence-electron chi connectivity index (χ1n) is 11.9. The van der Waals surface area contributed by atoms with E-state index in [9.17, 15) is 14.4 Å². The van der Waals surface area contributed by atoms with Gasteiger partial charge in [-0.05, 0) is 36.2 Å². The molecule has 0 radical (unpaired) electrons. The normalized spacial score (nSPS) is 22.9. The van der Waals surface area contributed by atoms with Gasteiger partial charge in [0.1, 0.15) is 5.41 Å². The summed E-state index contributed by atoms with van der Waals surface area (Å²) in [5.41, 5.74) is 1.78. The Kier molecular flexibility index (Phi) is 4.90. The van der Waals surface area contributed by atoms with Crippen LogP contribution in [0.5, 0.6) is 11.5 Å². The fourth-order valence-corrected chi connectivity index (χ4v) is 6.49. The van der Waals surface area contributed by atoms with Gasteiger partial charge in [-0.25, -0.2) is 0 Å². The van der Waals surface area contributed by atoms with Crippen molar-refractivity contribution in [2.24, 2.45) is 5.41 Å². The number of ether oxygens (including phenoxy) is 2. The molecule has 0 aromatic heterocycles. The average Bonchev–Trinajstić information content (AvgIpc) is 3.35. The Bertz CT molecular complexity index is 1440. The summed E-state index contributed by atoms with van der Waals surface area (Å²) in [4.78, 5) is 44.2. The van der Waals surface area contributed by atoms with Gasteiger partial charge in [0.15, 0.2) is 28.8 Å². The molecular weight excluding hydrogens is 454 g/mol. The number of anilines is 1. The van der Waals surface area contributed by atoms with E-state index in [0.717, 1.165) is 11.3 Å². The van der Waals surface area contributed by atoms with E-state index in [2.05, 4.69) is 0 Å². The van der Waals surface area contributed by atoms with Crippen molar-refractivity contribution in [3.63, 3.8) is 0 Å². The predicted octanol–water partition coefficient (Wildman–Crippen LogP) is 4.73. The first-order valence-corrected chi connectivity index (χ1v) is 11.9. The maximum atomic E-state index is 14.4. The highest BCUT2D eigenvalue weighted by Gasteiger charge is 2.71. The van der Waals surface area contributed by atoms with Crippen LogP contribution >= 0.6 is 0 Å². The molecule has 6 rings (SSSR count). The van der Waals surface area contributed by atoms with Crippen LogP contribution in [-0.2, 0) is 4.79 Å². The van der Waals surface area contributed by atoms with Crippen molar-refractivity contribution in [2.75, 3.05) is 19.1 Å². The van der Waals surface area contributed by atoms with Gasteiger partial charge in [-0.2, -0.15) is 0 Å². The van der Waals surface area contributed by atoms with Crippen LogP contribution in [0.25, 0.3) is 6.08 Å². The Hall–Kier alpha value is -4.19. The number of methoxy groups -OCH3 is 2. The summed E-state index contributed by atoms with van der Waals surface area (Å²) in [6, 6.07) is 18.8. The third-order valence-corrected chi connectivity index (χ3v) is 7.90. The molecule has 180 valence electrons. The minimum absolute atomic E-state index is 0.113. The maximum Gasteiger partial charge on any atom is 0.180 e. The van der Waals surface area contributed by atoms with Gasteiger partial charge in [0.05, 0.1) is 26.3 Å². The van der Waals surface area contributed by atoms with Crippen molar-refractivity contribution in [1.82, 2.24) is 0 Å². The van der Waals surface area contributed by atoms with E-state index in [4.69, 9.17) is 9.47 Å². The van der Waals surface area contributed by atoms with E-state index in [1.165, 1.54) is 6.92 Å². The van der Waals surface area contributed by atoms with Gasteiger partial charge in [-0.1, -0.05) is 60.7 Å². The smallest absolute Gasteiger partial charge is 0.180 e. The van der Waals surface area contributed by atoms with Crippen LogP contribution in [-0.4, -0.2) is 43.7 Å². The van der Waals surface area contributed by atoms with Crippen LogP contribution in [0.3, 0.4) is 0 Å². The molecule has 0 saturated carbocycles. The van der Waals surface area contributed by atoms with Gasteiger partial charge in [0, 0.05) is 22.7 Å². The summed E-state index contributed by atoms with van der Waals surface area (Å²) in [6.07, 6.45) is 3.87. The number of hydrogen-bond acceptors (Lipinski definition) is 6. The van der Waals surface area contributed by atoms with Crippen LogP contribution in [0.15, 0.2) is 72.8 Å². The average molecular weight is 480 g/mol. The van der Waals surface area contributed by atoms with Crippen LogP contribution in [0.4, 0.5) is 5.69 Å². The molecule has 3 aromatic rings. The Balaban J connectivity index is 1.68. The number of hydrogen-bond donors (Lipinski definition) is 0. The second-order valence-corrected chi connectivity index (χ2v) is 9.49. The molecule has 1 saturated heterocycles. The Morgan fingerprint density at radius 1 is 0.861 bits per heavy atom. The Morgan fingerprint density at radius 2 is 1.50 bits per heavy atom. The number of rotatable bonds is 4. The molecule has 3 atom stereocenters.